The molecule has 0 fully saturated rings. The number of nitrogens with two attached hydrogens (primary N) is 1. The first-order valence-electron chi connectivity index (χ1n) is 7.08. The van der Waals surface area contributed by atoms with E-state index in [2.05, 4.69) is 0 Å². The fourth-order valence-corrected chi connectivity index (χ4v) is 2.16. The lowest BCUT2D eigenvalue weighted by Crippen LogP contribution is -2.44. The first-order valence-corrected chi connectivity index (χ1v) is 7.08. The Balaban J connectivity index is 4.38. The third-order valence-corrected chi connectivity index (χ3v) is 3.11. The molecule has 0 aliphatic heterocycles. The molecule has 106 valence electrons. The molecule has 1 atom stereocenters. The minimum absolute atomic E-state index is 0.0845. The number of carbonyl (C=O) groups excluding carboxylic acids is 2. The van der Waals surface area contributed by atoms with Gasteiger partial charge in [0.1, 0.15) is 0 Å². The topological polar surface area (TPSA) is 63.4 Å². The van der Waals surface area contributed by atoms with E-state index in [0.717, 1.165) is 25.7 Å². The van der Waals surface area contributed by atoms with Gasteiger partial charge in [-0.1, -0.05) is 20.3 Å². The summed E-state index contributed by atoms with van der Waals surface area (Å²) < 4.78 is 0. The second-order valence-corrected chi connectivity index (χ2v) is 4.72. The van der Waals surface area contributed by atoms with Gasteiger partial charge in [0.25, 0.3) is 0 Å². The number of Topliss-reactive ketones (excluding diaryl/α,β-unsaturated/α-hetero) is 1. The van der Waals surface area contributed by atoms with Crippen LogP contribution in [-0.4, -0.2) is 35.7 Å². The van der Waals surface area contributed by atoms with Gasteiger partial charge >= 0.3 is 0 Å². The highest BCUT2D eigenvalue weighted by molar-refractivity contribution is 5.87. The predicted molar refractivity (Wildman–Crippen MR) is 74.3 cm³/mol. The molecular weight excluding hydrogens is 228 g/mol. The minimum atomic E-state index is -0.244. The highest BCUT2D eigenvalue weighted by Gasteiger charge is 2.24. The molecule has 0 rings (SSSR count). The second kappa shape index (κ2) is 10.1. The third kappa shape index (κ3) is 6.15. The molecule has 0 heterocycles. The van der Waals surface area contributed by atoms with Crippen LogP contribution >= 0.6 is 0 Å². The van der Waals surface area contributed by atoms with Crippen molar-refractivity contribution in [3.63, 3.8) is 0 Å². The number of amides is 1. The SMILES string of the molecule is CCCN(C(=O)CCCCCN)[C@@H](CC)C(C)=O. The van der Waals surface area contributed by atoms with Gasteiger partial charge in [0.05, 0.1) is 6.04 Å². The van der Waals surface area contributed by atoms with Gasteiger partial charge in [0.2, 0.25) is 5.91 Å². The molecule has 0 aliphatic rings. The number of nitrogens with zero attached hydrogens (tertiary/aromatic N) is 1. The van der Waals surface area contributed by atoms with Crippen molar-refractivity contribution >= 4 is 11.7 Å². The molecule has 0 bridgehead atoms. The Morgan fingerprint density at radius 2 is 1.83 bits per heavy atom. The van der Waals surface area contributed by atoms with Crippen LogP contribution in [0.4, 0.5) is 0 Å². The maximum absolute atomic E-state index is 12.1. The predicted octanol–water partition coefficient (Wildman–Crippen LogP) is 2.11. The molecule has 0 aromatic carbocycles. The molecule has 0 radical (unpaired) electrons. The van der Waals surface area contributed by atoms with E-state index >= 15 is 0 Å². The van der Waals surface area contributed by atoms with Crippen LogP contribution in [-0.2, 0) is 9.59 Å². The van der Waals surface area contributed by atoms with Gasteiger partial charge in [-0.05, 0) is 39.2 Å². The first kappa shape index (κ1) is 17.1. The average Bonchev–Trinajstić information content (AvgIpc) is 2.34. The van der Waals surface area contributed by atoms with Crippen LogP contribution in [0.5, 0.6) is 0 Å². The molecular formula is C14H28N2O2. The summed E-state index contributed by atoms with van der Waals surface area (Å²) >= 11 is 0. The van der Waals surface area contributed by atoms with E-state index in [-0.39, 0.29) is 17.7 Å². The first-order chi connectivity index (χ1) is 8.58. The zero-order chi connectivity index (χ0) is 14.0. The summed E-state index contributed by atoms with van der Waals surface area (Å²) in [6, 6.07) is -0.244. The molecule has 4 nitrogen and oxygen atoms in total. The van der Waals surface area contributed by atoms with E-state index in [1.54, 1.807) is 11.8 Å². The second-order valence-electron chi connectivity index (χ2n) is 4.72. The van der Waals surface area contributed by atoms with E-state index in [1.165, 1.54) is 0 Å². The van der Waals surface area contributed by atoms with E-state index in [4.69, 9.17) is 5.73 Å². The highest BCUT2D eigenvalue weighted by Crippen LogP contribution is 2.11. The van der Waals surface area contributed by atoms with E-state index in [1.807, 2.05) is 13.8 Å². The molecule has 0 aliphatic carbocycles. The summed E-state index contributed by atoms with van der Waals surface area (Å²) in [6.07, 6.45) is 4.93. The summed E-state index contributed by atoms with van der Waals surface area (Å²) in [5, 5.41) is 0. The number of rotatable bonds is 10. The van der Waals surface area contributed by atoms with Gasteiger partial charge in [-0.15, -0.1) is 0 Å². The standard InChI is InChI=1S/C14H28N2O2/c1-4-11-16(13(5-2)12(3)17)14(18)9-7-6-8-10-15/h13H,4-11,15H2,1-3H3/t13-/m0/s1. The Bertz CT molecular complexity index is 254. The van der Waals surface area contributed by atoms with Crippen LogP contribution < -0.4 is 5.73 Å². The average molecular weight is 256 g/mol. The van der Waals surface area contributed by atoms with Crippen molar-refractivity contribution in [3.8, 4) is 0 Å². The zero-order valence-electron chi connectivity index (χ0n) is 12.1. The summed E-state index contributed by atoms with van der Waals surface area (Å²) in [7, 11) is 0. The minimum Gasteiger partial charge on any atom is -0.333 e. The Morgan fingerprint density at radius 1 is 1.17 bits per heavy atom. The van der Waals surface area contributed by atoms with Crippen molar-refractivity contribution in [3.05, 3.63) is 0 Å². The normalized spacial score (nSPS) is 12.2. The van der Waals surface area contributed by atoms with Crippen molar-refractivity contribution in [2.45, 2.75) is 65.3 Å². The van der Waals surface area contributed by atoms with E-state index in [0.29, 0.717) is 25.9 Å². The lowest BCUT2D eigenvalue weighted by atomic mass is 10.1. The quantitative estimate of drug-likeness (QED) is 0.609. The lowest BCUT2D eigenvalue weighted by molar-refractivity contribution is -0.139. The fourth-order valence-electron chi connectivity index (χ4n) is 2.16. The smallest absolute Gasteiger partial charge is 0.223 e. The van der Waals surface area contributed by atoms with E-state index < -0.39 is 0 Å². The number of ketones is 1. The van der Waals surface area contributed by atoms with E-state index in [9.17, 15) is 9.59 Å². The van der Waals surface area contributed by atoms with Gasteiger partial charge in [0.15, 0.2) is 5.78 Å². The van der Waals surface area contributed by atoms with Crippen molar-refractivity contribution in [1.82, 2.24) is 4.90 Å². The summed E-state index contributed by atoms with van der Waals surface area (Å²) in [6.45, 7) is 6.90. The largest absolute Gasteiger partial charge is 0.333 e. The third-order valence-electron chi connectivity index (χ3n) is 3.11. The number of hydrogen-bond acceptors (Lipinski definition) is 3. The number of carbonyl (C=O) groups is 2. The van der Waals surface area contributed by atoms with Crippen molar-refractivity contribution in [2.75, 3.05) is 13.1 Å². The molecule has 4 heteroatoms. The van der Waals surface area contributed by atoms with Crippen LogP contribution in [0.2, 0.25) is 0 Å². The Morgan fingerprint density at radius 3 is 2.28 bits per heavy atom. The summed E-state index contributed by atoms with van der Waals surface area (Å²) in [4.78, 5) is 25.5. The molecule has 2 N–H and O–H groups in total. The maximum atomic E-state index is 12.1. The zero-order valence-corrected chi connectivity index (χ0v) is 12.1. The van der Waals surface area contributed by atoms with Crippen molar-refractivity contribution < 1.29 is 9.59 Å². The van der Waals surface area contributed by atoms with Gasteiger partial charge in [0, 0.05) is 13.0 Å². The molecule has 0 spiro atoms. The number of unbranched alkanes of at least 4 members (excludes halogenated alkanes) is 2. The molecule has 0 aromatic rings. The molecule has 1 amide bonds. The number of hydrogen-bond donors (Lipinski definition) is 1. The van der Waals surface area contributed by atoms with Crippen LogP contribution in [0.15, 0.2) is 0 Å². The molecule has 0 aromatic heterocycles. The van der Waals surface area contributed by atoms with Gasteiger partial charge in [-0.2, -0.15) is 0 Å². The monoisotopic (exact) mass is 256 g/mol. The van der Waals surface area contributed by atoms with Crippen LogP contribution in [0.1, 0.15) is 59.3 Å². The Kier molecular flexibility index (Phi) is 9.56. The molecule has 0 unspecified atom stereocenters. The maximum Gasteiger partial charge on any atom is 0.223 e. The van der Waals surface area contributed by atoms with Gasteiger partial charge in [-0.3, -0.25) is 9.59 Å². The molecule has 0 saturated heterocycles. The summed E-state index contributed by atoms with van der Waals surface area (Å²) in [5.41, 5.74) is 5.42. The molecule has 0 saturated carbocycles. The Labute approximate surface area is 111 Å². The summed E-state index contributed by atoms with van der Waals surface area (Å²) in [5.74, 6) is 0.192. The van der Waals surface area contributed by atoms with Crippen molar-refractivity contribution in [1.29, 1.82) is 0 Å². The van der Waals surface area contributed by atoms with Gasteiger partial charge in [-0.25, -0.2) is 0 Å². The fraction of sp³-hybridized carbons (Fsp3) is 0.857. The van der Waals surface area contributed by atoms with Crippen molar-refractivity contribution in [2.24, 2.45) is 5.73 Å². The van der Waals surface area contributed by atoms with Crippen LogP contribution in [0.3, 0.4) is 0 Å². The Hall–Kier alpha value is -0.900. The lowest BCUT2D eigenvalue weighted by Gasteiger charge is -2.29. The van der Waals surface area contributed by atoms with Gasteiger partial charge < -0.3 is 10.6 Å². The highest BCUT2D eigenvalue weighted by atomic mass is 16.2. The molecule has 18 heavy (non-hydrogen) atoms. The van der Waals surface area contributed by atoms with Crippen LogP contribution in [0, 0.1) is 0 Å². The van der Waals surface area contributed by atoms with Crippen LogP contribution in [0.25, 0.3) is 0 Å².